The van der Waals surface area contributed by atoms with Crippen LogP contribution in [-0.4, -0.2) is 42.6 Å². The van der Waals surface area contributed by atoms with E-state index in [0.29, 0.717) is 28.8 Å². The van der Waals surface area contributed by atoms with E-state index in [2.05, 4.69) is 21.2 Å². The van der Waals surface area contributed by atoms with Gasteiger partial charge in [0.15, 0.2) is 18.2 Å². The molecule has 0 saturated carbocycles. The van der Waals surface area contributed by atoms with E-state index in [1.165, 1.54) is 0 Å². The van der Waals surface area contributed by atoms with Crippen LogP contribution in [0.5, 0.6) is 0 Å². The molecule has 0 aliphatic rings. The molecule has 3 aromatic rings. The number of carbonyl (C=O) groups is 3. The molecule has 3 rings (SSSR count). The second kappa shape index (κ2) is 9.12. The Morgan fingerprint density at radius 2 is 1.61 bits per heavy atom. The predicted molar refractivity (Wildman–Crippen MR) is 110 cm³/mol. The van der Waals surface area contributed by atoms with Gasteiger partial charge in [-0.3, -0.25) is 14.4 Å². The number of benzene rings is 2. The van der Waals surface area contributed by atoms with Gasteiger partial charge >= 0.3 is 5.97 Å². The van der Waals surface area contributed by atoms with Gasteiger partial charge in [-0.25, -0.2) is 0 Å². The standard InChI is InChI=1S/C21H20BrNO5/c1-2-7-23-11-21(26)27-12-18(25)14-4-6-16-15-5-3-13(17(24)10-22)8-19(15)28-20(16)9-14/h3-6,8-9,23H,2,7,10-12H2,1H3. The second-order valence-electron chi connectivity index (χ2n) is 6.34. The molecule has 0 fully saturated rings. The van der Waals surface area contributed by atoms with Crippen molar-refractivity contribution in [3.63, 3.8) is 0 Å². The summed E-state index contributed by atoms with van der Waals surface area (Å²) in [5.41, 5.74) is 2.08. The van der Waals surface area contributed by atoms with Gasteiger partial charge in [-0.05, 0) is 37.2 Å². The van der Waals surface area contributed by atoms with Crippen LogP contribution >= 0.6 is 15.9 Å². The van der Waals surface area contributed by atoms with Crippen LogP contribution < -0.4 is 5.32 Å². The SMILES string of the molecule is CCCNCC(=O)OCC(=O)c1ccc2c(c1)oc1cc(C(=O)CBr)ccc12. The molecule has 1 aromatic heterocycles. The smallest absolute Gasteiger partial charge is 0.320 e. The maximum atomic E-state index is 12.3. The van der Waals surface area contributed by atoms with Gasteiger partial charge in [-0.15, -0.1) is 0 Å². The lowest BCUT2D eigenvalue weighted by Gasteiger charge is -2.05. The topological polar surface area (TPSA) is 85.6 Å². The highest BCUT2D eigenvalue weighted by molar-refractivity contribution is 9.09. The van der Waals surface area contributed by atoms with E-state index in [-0.39, 0.29) is 30.0 Å². The summed E-state index contributed by atoms with van der Waals surface area (Å²) in [6.45, 7) is 2.48. The zero-order valence-corrected chi connectivity index (χ0v) is 17.0. The summed E-state index contributed by atoms with van der Waals surface area (Å²) in [4.78, 5) is 35.8. The number of furan rings is 1. The molecule has 146 valence electrons. The first kappa shape index (κ1) is 20.2. The van der Waals surface area contributed by atoms with Crippen LogP contribution in [0.3, 0.4) is 0 Å². The first-order valence-electron chi connectivity index (χ1n) is 8.98. The molecule has 0 radical (unpaired) electrons. The molecule has 0 amide bonds. The van der Waals surface area contributed by atoms with Gasteiger partial charge in [0.25, 0.3) is 0 Å². The highest BCUT2D eigenvalue weighted by atomic mass is 79.9. The third-order valence-electron chi connectivity index (χ3n) is 4.30. The van der Waals surface area contributed by atoms with Gasteiger partial charge in [0.05, 0.1) is 11.9 Å². The van der Waals surface area contributed by atoms with Crippen molar-refractivity contribution in [2.24, 2.45) is 0 Å². The number of alkyl halides is 1. The maximum Gasteiger partial charge on any atom is 0.320 e. The molecule has 6 nitrogen and oxygen atoms in total. The molecule has 7 heteroatoms. The van der Waals surface area contributed by atoms with Gasteiger partial charge in [-0.1, -0.05) is 35.0 Å². The molecule has 2 aromatic carbocycles. The summed E-state index contributed by atoms with van der Waals surface area (Å²) in [7, 11) is 0. The molecule has 1 heterocycles. The third-order valence-corrected chi connectivity index (χ3v) is 4.81. The Labute approximate surface area is 170 Å². The lowest BCUT2D eigenvalue weighted by atomic mass is 10.1. The Bertz CT molecular complexity index is 1040. The average Bonchev–Trinajstić information content (AvgIpc) is 3.08. The molecule has 1 N–H and O–H groups in total. The second-order valence-corrected chi connectivity index (χ2v) is 6.90. The molecule has 0 atom stereocenters. The minimum Gasteiger partial charge on any atom is -0.456 e. The van der Waals surface area contributed by atoms with Crippen LogP contribution in [-0.2, 0) is 9.53 Å². The molecule has 0 saturated heterocycles. The van der Waals surface area contributed by atoms with E-state index in [9.17, 15) is 14.4 Å². The minimum atomic E-state index is -0.462. The molecule has 0 spiro atoms. The van der Waals surface area contributed by atoms with E-state index >= 15 is 0 Å². The number of fused-ring (bicyclic) bond motifs is 3. The molecule has 0 aliphatic carbocycles. The minimum absolute atomic E-state index is 0.0338. The lowest BCUT2D eigenvalue weighted by molar-refractivity contribution is -0.141. The molecular formula is C21H20BrNO5. The number of halogens is 1. The van der Waals surface area contributed by atoms with Crippen LogP contribution in [0.25, 0.3) is 21.9 Å². The number of ether oxygens (including phenoxy) is 1. The summed E-state index contributed by atoms with van der Waals surface area (Å²) >= 11 is 3.16. The van der Waals surface area contributed by atoms with Crippen molar-refractivity contribution in [1.29, 1.82) is 0 Å². The first-order valence-corrected chi connectivity index (χ1v) is 10.1. The van der Waals surface area contributed by atoms with Crippen LogP contribution in [0.2, 0.25) is 0 Å². The van der Waals surface area contributed by atoms with Crippen molar-refractivity contribution < 1.29 is 23.5 Å². The maximum absolute atomic E-state index is 12.3. The van der Waals surface area contributed by atoms with Gasteiger partial charge in [0.1, 0.15) is 11.2 Å². The van der Waals surface area contributed by atoms with Crippen molar-refractivity contribution in [1.82, 2.24) is 5.32 Å². The number of hydrogen-bond donors (Lipinski definition) is 1. The van der Waals surface area contributed by atoms with Crippen LogP contribution in [0.4, 0.5) is 0 Å². The number of nitrogens with one attached hydrogen (secondary N) is 1. The van der Waals surface area contributed by atoms with E-state index in [1.807, 2.05) is 13.0 Å². The quantitative estimate of drug-likeness (QED) is 0.232. The Morgan fingerprint density at radius 1 is 1.00 bits per heavy atom. The number of hydrogen-bond acceptors (Lipinski definition) is 6. The summed E-state index contributed by atoms with van der Waals surface area (Å²) in [6.07, 6.45) is 0.912. The molecular weight excluding hydrogens is 426 g/mol. The van der Waals surface area contributed by atoms with Gasteiger partial charge in [-0.2, -0.15) is 0 Å². The fraction of sp³-hybridized carbons (Fsp3) is 0.286. The fourth-order valence-corrected chi connectivity index (χ4v) is 3.17. The largest absolute Gasteiger partial charge is 0.456 e. The number of esters is 1. The van der Waals surface area contributed by atoms with E-state index in [1.54, 1.807) is 30.3 Å². The van der Waals surface area contributed by atoms with Gasteiger partial charge in [0, 0.05) is 21.9 Å². The Balaban J connectivity index is 1.76. The summed E-state index contributed by atoms with van der Waals surface area (Å²) in [5, 5.41) is 4.89. The van der Waals surface area contributed by atoms with Crippen molar-refractivity contribution >= 4 is 55.4 Å². The van der Waals surface area contributed by atoms with Crippen LogP contribution in [0.1, 0.15) is 34.1 Å². The fourth-order valence-electron chi connectivity index (χ4n) is 2.85. The van der Waals surface area contributed by atoms with Crippen LogP contribution in [0, 0.1) is 0 Å². The molecule has 0 bridgehead atoms. The van der Waals surface area contributed by atoms with Gasteiger partial charge < -0.3 is 14.5 Å². The number of rotatable bonds is 9. The molecule has 0 unspecified atom stereocenters. The number of Topliss-reactive ketones (excluding diaryl/α,β-unsaturated/α-hetero) is 2. The zero-order valence-electron chi connectivity index (χ0n) is 15.4. The third kappa shape index (κ3) is 4.48. The molecule has 28 heavy (non-hydrogen) atoms. The van der Waals surface area contributed by atoms with Crippen molar-refractivity contribution in [2.75, 3.05) is 25.0 Å². The Morgan fingerprint density at radius 3 is 2.18 bits per heavy atom. The highest BCUT2D eigenvalue weighted by Crippen LogP contribution is 2.30. The Hall–Kier alpha value is -2.51. The summed E-state index contributed by atoms with van der Waals surface area (Å²) in [6, 6.07) is 10.4. The lowest BCUT2D eigenvalue weighted by Crippen LogP contribution is -2.27. The molecule has 0 aliphatic heterocycles. The summed E-state index contributed by atoms with van der Waals surface area (Å²) < 4.78 is 10.8. The van der Waals surface area contributed by atoms with Crippen molar-refractivity contribution in [2.45, 2.75) is 13.3 Å². The normalized spacial score (nSPS) is 11.1. The number of carbonyl (C=O) groups excluding carboxylic acids is 3. The van der Waals surface area contributed by atoms with Crippen LogP contribution in [0.15, 0.2) is 40.8 Å². The van der Waals surface area contributed by atoms with Gasteiger partial charge in [0.2, 0.25) is 0 Å². The monoisotopic (exact) mass is 445 g/mol. The highest BCUT2D eigenvalue weighted by Gasteiger charge is 2.14. The van der Waals surface area contributed by atoms with E-state index in [4.69, 9.17) is 9.15 Å². The zero-order chi connectivity index (χ0) is 20.1. The predicted octanol–water partition coefficient (Wildman–Crippen LogP) is 3.89. The van der Waals surface area contributed by atoms with Crippen molar-refractivity contribution in [3.05, 3.63) is 47.5 Å². The van der Waals surface area contributed by atoms with Crippen molar-refractivity contribution in [3.8, 4) is 0 Å². The van der Waals surface area contributed by atoms with E-state index in [0.717, 1.165) is 17.2 Å². The average molecular weight is 446 g/mol. The summed E-state index contributed by atoms with van der Waals surface area (Å²) in [5.74, 6) is -0.801. The Kier molecular flexibility index (Phi) is 6.59. The van der Waals surface area contributed by atoms with E-state index < -0.39 is 5.97 Å². The number of ketones is 2. The first-order chi connectivity index (χ1) is 13.5.